The third-order valence-corrected chi connectivity index (χ3v) is 3.58. The van der Waals surface area contributed by atoms with Crippen molar-refractivity contribution in [1.29, 1.82) is 0 Å². The van der Waals surface area contributed by atoms with Gasteiger partial charge in [-0.05, 0) is 30.1 Å². The lowest BCUT2D eigenvalue weighted by Gasteiger charge is -2.12. The fraction of sp³-hybridized carbons (Fsp3) is 0.556. The Morgan fingerprint density at radius 3 is 2.80 bits per heavy atom. The predicted molar refractivity (Wildman–Crippen MR) is 59.2 cm³/mol. The molecule has 0 aromatic carbocycles. The highest BCUT2D eigenvalue weighted by Crippen LogP contribution is 2.29. The molecule has 1 aromatic rings. The molecule has 1 aromatic heterocycles. The summed E-state index contributed by atoms with van der Waals surface area (Å²) >= 11 is 1.62. The largest absolute Gasteiger partial charge is 0.441 e. The van der Waals surface area contributed by atoms with E-state index in [2.05, 4.69) is 5.32 Å². The molecule has 1 nitrogen and oxygen atoms in total. The Kier molecular flexibility index (Phi) is 4.95. The smallest absolute Gasteiger partial charge is 0.309 e. The van der Waals surface area contributed by atoms with Crippen molar-refractivity contribution in [2.75, 3.05) is 12.3 Å². The molecule has 0 aliphatic rings. The van der Waals surface area contributed by atoms with E-state index in [1.807, 2.05) is 24.4 Å². The van der Waals surface area contributed by atoms with Crippen LogP contribution in [0.5, 0.6) is 0 Å². The van der Waals surface area contributed by atoms with Crippen LogP contribution in [0.25, 0.3) is 0 Å². The molecule has 1 unspecified atom stereocenters. The van der Waals surface area contributed by atoms with Crippen LogP contribution in [-0.2, 0) is 0 Å². The summed E-state index contributed by atoms with van der Waals surface area (Å²) < 4.78 is 35.4. The number of nitrogens with one attached hydrogen (secondary N) is 1. The average Bonchev–Trinajstić information content (AvgIpc) is 2.63. The zero-order chi connectivity index (χ0) is 11.3. The van der Waals surface area contributed by atoms with Gasteiger partial charge in [-0.15, -0.1) is 11.3 Å². The second-order valence-corrected chi connectivity index (χ2v) is 5.12. The topological polar surface area (TPSA) is 12.0 Å². The third kappa shape index (κ3) is 5.44. The van der Waals surface area contributed by atoms with Gasteiger partial charge in [-0.1, -0.05) is 6.07 Å². The average molecular weight is 255 g/mol. The van der Waals surface area contributed by atoms with E-state index in [4.69, 9.17) is 0 Å². The molecule has 86 valence electrons. The maximum atomic E-state index is 11.8. The molecule has 1 rings (SSSR count). The minimum Gasteiger partial charge on any atom is -0.309 e. The van der Waals surface area contributed by atoms with E-state index in [0.29, 0.717) is 6.54 Å². The van der Waals surface area contributed by atoms with Gasteiger partial charge < -0.3 is 5.32 Å². The van der Waals surface area contributed by atoms with Crippen LogP contribution in [0, 0.1) is 0 Å². The molecule has 1 atom stereocenters. The summed E-state index contributed by atoms with van der Waals surface area (Å²) in [6.45, 7) is 2.31. The Balaban J connectivity index is 2.16. The second-order valence-electron chi connectivity index (χ2n) is 2.99. The molecular formula is C9H12F3NS2. The molecule has 0 radical (unpaired) electrons. The molecule has 1 heterocycles. The van der Waals surface area contributed by atoms with Crippen LogP contribution in [0.4, 0.5) is 13.2 Å². The first-order chi connectivity index (χ1) is 6.99. The summed E-state index contributed by atoms with van der Waals surface area (Å²) in [5, 5.41) is 5.00. The molecular weight excluding hydrogens is 243 g/mol. The number of alkyl halides is 3. The highest BCUT2D eigenvalue weighted by atomic mass is 32.2. The van der Waals surface area contributed by atoms with Gasteiger partial charge >= 0.3 is 5.51 Å². The molecule has 0 saturated carbocycles. The Hall–Kier alpha value is -0.200. The number of hydrogen-bond acceptors (Lipinski definition) is 3. The van der Waals surface area contributed by atoms with Crippen LogP contribution in [-0.4, -0.2) is 17.8 Å². The summed E-state index contributed by atoms with van der Waals surface area (Å²) in [6.07, 6.45) is 0. The Morgan fingerprint density at radius 1 is 1.53 bits per heavy atom. The molecule has 15 heavy (non-hydrogen) atoms. The van der Waals surface area contributed by atoms with E-state index in [0.717, 1.165) is 4.88 Å². The standard InChI is InChI=1S/C9H12F3NS2/c1-7(8-3-2-5-14-8)13-4-6-15-9(10,11)12/h2-3,5,7,13H,4,6H2,1H3. The fourth-order valence-electron chi connectivity index (χ4n) is 1.08. The van der Waals surface area contributed by atoms with Crippen molar-refractivity contribution < 1.29 is 13.2 Å². The fourth-order valence-corrected chi connectivity index (χ4v) is 2.29. The first-order valence-electron chi connectivity index (χ1n) is 4.46. The van der Waals surface area contributed by atoms with E-state index in [9.17, 15) is 13.2 Å². The normalized spacial score (nSPS) is 14.1. The Morgan fingerprint density at radius 2 is 2.27 bits per heavy atom. The highest BCUT2D eigenvalue weighted by Gasteiger charge is 2.27. The molecule has 0 spiro atoms. The van der Waals surface area contributed by atoms with Crippen LogP contribution < -0.4 is 5.32 Å². The van der Waals surface area contributed by atoms with E-state index in [-0.39, 0.29) is 23.6 Å². The van der Waals surface area contributed by atoms with Gasteiger partial charge in [-0.25, -0.2) is 0 Å². The van der Waals surface area contributed by atoms with Crippen LogP contribution in [0.1, 0.15) is 17.8 Å². The molecule has 0 saturated heterocycles. The van der Waals surface area contributed by atoms with Gasteiger partial charge in [0.15, 0.2) is 0 Å². The van der Waals surface area contributed by atoms with Crippen molar-refractivity contribution >= 4 is 23.1 Å². The first-order valence-corrected chi connectivity index (χ1v) is 6.33. The monoisotopic (exact) mass is 255 g/mol. The third-order valence-electron chi connectivity index (χ3n) is 1.79. The summed E-state index contributed by atoms with van der Waals surface area (Å²) in [4.78, 5) is 1.15. The van der Waals surface area contributed by atoms with Crippen LogP contribution in [0.2, 0.25) is 0 Å². The van der Waals surface area contributed by atoms with Crippen molar-refractivity contribution in [3.63, 3.8) is 0 Å². The maximum absolute atomic E-state index is 11.8. The first kappa shape index (κ1) is 12.9. The number of thiophene rings is 1. The lowest BCUT2D eigenvalue weighted by atomic mass is 10.3. The van der Waals surface area contributed by atoms with E-state index >= 15 is 0 Å². The zero-order valence-electron chi connectivity index (χ0n) is 8.17. The Bertz CT molecular complexity index is 271. The molecule has 0 fully saturated rings. The predicted octanol–water partition coefficient (Wildman–Crippen LogP) is 3.65. The molecule has 0 aliphatic carbocycles. The Labute approximate surface area is 95.1 Å². The number of rotatable bonds is 5. The van der Waals surface area contributed by atoms with Crippen LogP contribution in [0.3, 0.4) is 0 Å². The summed E-state index contributed by atoms with van der Waals surface area (Å²) in [6, 6.07) is 4.03. The SMILES string of the molecule is CC(NCCSC(F)(F)F)c1cccs1. The van der Waals surface area contributed by atoms with Crippen molar-refractivity contribution in [1.82, 2.24) is 5.32 Å². The van der Waals surface area contributed by atoms with Gasteiger partial charge in [-0.2, -0.15) is 13.2 Å². The zero-order valence-corrected chi connectivity index (χ0v) is 9.81. The van der Waals surface area contributed by atoms with Crippen LogP contribution in [0.15, 0.2) is 17.5 Å². The quantitative estimate of drug-likeness (QED) is 0.806. The molecule has 0 aliphatic heterocycles. The van der Waals surface area contributed by atoms with Gasteiger partial charge in [0.1, 0.15) is 0 Å². The maximum Gasteiger partial charge on any atom is 0.441 e. The van der Waals surface area contributed by atoms with Crippen molar-refractivity contribution in [3.05, 3.63) is 22.4 Å². The van der Waals surface area contributed by atoms with E-state index < -0.39 is 5.51 Å². The van der Waals surface area contributed by atoms with Gasteiger partial charge in [-0.3, -0.25) is 0 Å². The number of halogens is 3. The van der Waals surface area contributed by atoms with Gasteiger partial charge in [0, 0.05) is 23.2 Å². The molecule has 0 bridgehead atoms. The lowest BCUT2D eigenvalue weighted by molar-refractivity contribution is -0.0327. The lowest BCUT2D eigenvalue weighted by Crippen LogP contribution is -2.21. The molecule has 6 heteroatoms. The highest BCUT2D eigenvalue weighted by molar-refractivity contribution is 8.00. The van der Waals surface area contributed by atoms with Gasteiger partial charge in [0.2, 0.25) is 0 Å². The van der Waals surface area contributed by atoms with E-state index in [1.54, 1.807) is 11.3 Å². The van der Waals surface area contributed by atoms with Crippen LogP contribution >= 0.6 is 23.1 Å². The van der Waals surface area contributed by atoms with Gasteiger partial charge in [0.05, 0.1) is 0 Å². The molecule has 0 amide bonds. The second kappa shape index (κ2) is 5.77. The van der Waals surface area contributed by atoms with Crippen molar-refractivity contribution in [2.45, 2.75) is 18.5 Å². The van der Waals surface area contributed by atoms with Crippen molar-refractivity contribution in [3.8, 4) is 0 Å². The summed E-state index contributed by atoms with van der Waals surface area (Å²) in [5.41, 5.74) is -4.12. The summed E-state index contributed by atoms with van der Waals surface area (Å²) in [7, 11) is 0. The summed E-state index contributed by atoms with van der Waals surface area (Å²) in [5.74, 6) is 0.0548. The molecule has 1 N–H and O–H groups in total. The minimum absolute atomic E-state index is 0.0137. The minimum atomic E-state index is -4.12. The van der Waals surface area contributed by atoms with E-state index in [1.165, 1.54) is 0 Å². The number of thioether (sulfide) groups is 1. The van der Waals surface area contributed by atoms with Gasteiger partial charge in [0.25, 0.3) is 0 Å². The number of hydrogen-bond donors (Lipinski definition) is 1. The van der Waals surface area contributed by atoms with Crippen molar-refractivity contribution in [2.24, 2.45) is 0 Å².